The largest absolute Gasteiger partial charge is 0.504 e. The molecule has 0 radical (unpaired) electrons. The molecule has 0 unspecified atom stereocenters. The maximum atomic E-state index is 10.6. The van der Waals surface area contributed by atoms with Gasteiger partial charge in [0.05, 0.1) is 17.4 Å². The number of benzene rings is 2. The molecular weight excluding hydrogens is 328 g/mol. The predicted octanol–water partition coefficient (Wildman–Crippen LogP) is 2.17. The van der Waals surface area contributed by atoms with E-state index in [-0.39, 0.29) is 18.1 Å². The normalized spacial score (nSPS) is 11.3. The van der Waals surface area contributed by atoms with Gasteiger partial charge in [0.2, 0.25) is 0 Å². The van der Waals surface area contributed by atoms with Gasteiger partial charge in [-0.05, 0) is 33.7 Å². The quantitative estimate of drug-likeness (QED) is 0.383. The minimum atomic E-state index is -0.289. The van der Waals surface area contributed by atoms with Crippen LogP contribution in [0.4, 0.5) is 0 Å². The molecule has 2 aromatic carbocycles. The van der Waals surface area contributed by atoms with Crippen LogP contribution in [0.25, 0.3) is 46.1 Å². The third kappa shape index (κ3) is 2.22. The number of phenols is 2. The Morgan fingerprint density at radius 3 is 2.42 bits per heavy atom. The second-order valence-electron chi connectivity index (χ2n) is 6.12. The summed E-state index contributed by atoms with van der Waals surface area (Å²) in [6.45, 7) is 7.91. The number of aromatic nitrogens is 2. The molecule has 5 nitrogen and oxygen atoms in total. The number of rotatable bonds is 2. The highest BCUT2D eigenvalue weighted by Crippen LogP contribution is 2.38. The van der Waals surface area contributed by atoms with Crippen LogP contribution in [0.5, 0.6) is 11.5 Å². The fourth-order valence-corrected chi connectivity index (χ4v) is 3.25. The van der Waals surface area contributed by atoms with Crippen LogP contribution in [0.2, 0.25) is 0 Å². The minimum absolute atomic E-state index is 0.0752. The molecule has 0 aliphatic rings. The van der Waals surface area contributed by atoms with Gasteiger partial charge in [0.25, 0.3) is 0 Å². The third-order valence-corrected chi connectivity index (χ3v) is 4.57. The highest BCUT2D eigenvalue weighted by Gasteiger charge is 2.18. The van der Waals surface area contributed by atoms with Crippen molar-refractivity contribution < 1.29 is 15.3 Å². The number of fused-ring (bicyclic) bond motifs is 3. The molecule has 0 saturated carbocycles. The Bertz CT molecular complexity index is 1280. The first kappa shape index (κ1) is 16.1. The topological polar surface area (TPSA) is 86.5 Å². The lowest BCUT2D eigenvalue weighted by Crippen LogP contribution is -2.09. The lowest BCUT2D eigenvalue weighted by Gasteiger charge is -2.12. The van der Waals surface area contributed by atoms with Crippen molar-refractivity contribution in [2.75, 3.05) is 0 Å². The molecular formula is C21H16N2O3. The highest BCUT2D eigenvalue weighted by atomic mass is 16.3. The zero-order chi connectivity index (χ0) is 18.4. The van der Waals surface area contributed by atoms with Gasteiger partial charge in [-0.3, -0.25) is 9.97 Å². The van der Waals surface area contributed by atoms with Gasteiger partial charge >= 0.3 is 0 Å². The van der Waals surface area contributed by atoms with Crippen molar-refractivity contribution in [3.05, 3.63) is 58.7 Å². The Kier molecular flexibility index (Phi) is 3.60. The van der Waals surface area contributed by atoms with Gasteiger partial charge in [0, 0.05) is 18.0 Å². The van der Waals surface area contributed by atoms with Gasteiger partial charge in [0.1, 0.15) is 11.0 Å². The fourth-order valence-electron chi connectivity index (χ4n) is 3.25. The fraction of sp³-hybridized carbons (Fsp3) is 0.0476. The van der Waals surface area contributed by atoms with Gasteiger partial charge in [-0.15, -0.1) is 0 Å². The van der Waals surface area contributed by atoms with Gasteiger partial charge in [0.15, 0.2) is 11.5 Å². The van der Waals surface area contributed by atoms with E-state index in [1.165, 1.54) is 0 Å². The van der Waals surface area contributed by atoms with Crippen LogP contribution in [0.1, 0.15) is 5.56 Å². The van der Waals surface area contributed by atoms with E-state index in [1.807, 2.05) is 24.3 Å². The average molecular weight is 344 g/mol. The zero-order valence-electron chi connectivity index (χ0n) is 13.9. The van der Waals surface area contributed by atoms with E-state index in [9.17, 15) is 15.3 Å². The molecule has 0 bridgehead atoms. The summed E-state index contributed by atoms with van der Waals surface area (Å²) in [6.07, 6.45) is 3.25. The number of aliphatic hydroxyl groups excluding tert-OH is 1. The molecule has 4 rings (SSSR count). The van der Waals surface area contributed by atoms with Gasteiger partial charge in [-0.25, -0.2) is 0 Å². The average Bonchev–Trinajstić information content (AvgIpc) is 2.65. The summed E-state index contributed by atoms with van der Waals surface area (Å²) in [5.74, 6) is -0.568. The summed E-state index contributed by atoms with van der Waals surface area (Å²) >= 11 is 0. The number of nitrogens with zero attached hydrogens (tertiary/aromatic N) is 2. The first-order valence-electron chi connectivity index (χ1n) is 8.02. The van der Waals surface area contributed by atoms with Gasteiger partial charge in [-0.2, -0.15) is 0 Å². The number of aliphatic hydroxyl groups is 1. The number of hydrogen-bond donors (Lipinski definition) is 3. The summed E-state index contributed by atoms with van der Waals surface area (Å²) < 4.78 is 0. The zero-order valence-corrected chi connectivity index (χ0v) is 13.9. The number of pyridine rings is 2. The predicted molar refractivity (Wildman–Crippen MR) is 102 cm³/mol. The van der Waals surface area contributed by atoms with E-state index in [4.69, 9.17) is 0 Å². The molecule has 26 heavy (non-hydrogen) atoms. The monoisotopic (exact) mass is 344 g/mol. The minimum Gasteiger partial charge on any atom is -0.504 e. The molecule has 0 amide bonds. The maximum Gasteiger partial charge on any atom is 0.168 e. The Balaban J connectivity index is 2.14. The molecule has 0 saturated heterocycles. The number of aromatic hydroxyl groups is 2. The van der Waals surface area contributed by atoms with E-state index in [2.05, 4.69) is 23.1 Å². The molecule has 2 heterocycles. The second kappa shape index (κ2) is 5.82. The summed E-state index contributed by atoms with van der Waals surface area (Å²) in [7, 11) is 0. The molecule has 0 aliphatic carbocycles. The summed E-state index contributed by atoms with van der Waals surface area (Å²) in [6, 6.07) is 9.02. The van der Waals surface area contributed by atoms with Crippen LogP contribution in [0, 0.1) is 0 Å². The molecule has 5 heteroatoms. The Labute approximate surface area is 148 Å². The Morgan fingerprint density at radius 1 is 0.923 bits per heavy atom. The molecule has 0 aliphatic heterocycles. The SMILES string of the molecule is C=c1ccnc2c1c(O)c(O)c1c(=C)c(-c3cccc(CO)c3)cnc12. The molecule has 3 N–H and O–H groups in total. The maximum absolute atomic E-state index is 10.6. The van der Waals surface area contributed by atoms with Crippen molar-refractivity contribution in [3.63, 3.8) is 0 Å². The summed E-state index contributed by atoms with van der Waals surface area (Å²) in [5.41, 5.74) is 3.19. The number of hydrogen-bond acceptors (Lipinski definition) is 5. The van der Waals surface area contributed by atoms with Crippen molar-refractivity contribution in [1.29, 1.82) is 0 Å². The standard InChI is InChI=1S/C21H16N2O3/c1-11-6-7-22-18-16(11)20(25)21(26)17-12(2)15(9-23-19(17)18)14-5-3-4-13(8-14)10-24/h3-9,24-26H,1-2,10H2. The molecule has 0 atom stereocenters. The summed E-state index contributed by atoms with van der Waals surface area (Å²) in [4.78, 5) is 8.79. The van der Waals surface area contributed by atoms with E-state index < -0.39 is 0 Å². The van der Waals surface area contributed by atoms with E-state index in [0.717, 1.165) is 11.1 Å². The van der Waals surface area contributed by atoms with Crippen LogP contribution in [-0.2, 0) is 6.61 Å². The first-order chi connectivity index (χ1) is 12.5. The molecule has 0 spiro atoms. The molecule has 128 valence electrons. The Morgan fingerprint density at radius 2 is 1.65 bits per heavy atom. The summed E-state index contributed by atoms with van der Waals surface area (Å²) in [5, 5.41) is 32.2. The van der Waals surface area contributed by atoms with Crippen LogP contribution in [-0.4, -0.2) is 25.3 Å². The second-order valence-corrected chi connectivity index (χ2v) is 6.12. The van der Waals surface area contributed by atoms with Crippen molar-refractivity contribution in [1.82, 2.24) is 9.97 Å². The van der Waals surface area contributed by atoms with E-state index in [0.29, 0.717) is 37.8 Å². The van der Waals surface area contributed by atoms with E-state index >= 15 is 0 Å². The van der Waals surface area contributed by atoms with Crippen LogP contribution in [0.3, 0.4) is 0 Å². The molecule has 2 aromatic heterocycles. The van der Waals surface area contributed by atoms with Crippen molar-refractivity contribution in [2.45, 2.75) is 6.61 Å². The molecule has 4 aromatic rings. The lowest BCUT2D eigenvalue weighted by atomic mass is 9.98. The van der Waals surface area contributed by atoms with Crippen LogP contribution in [0.15, 0.2) is 42.7 Å². The first-order valence-corrected chi connectivity index (χ1v) is 8.02. The molecule has 0 fully saturated rings. The van der Waals surface area contributed by atoms with E-state index in [1.54, 1.807) is 18.5 Å². The van der Waals surface area contributed by atoms with Crippen LogP contribution < -0.4 is 10.4 Å². The highest BCUT2D eigenvalue weighted by molar-refractivity contribution is 6.10. The van der Waals surface area contributed by atoms with Crippen molar-refractivity contribution in [3.8, 4) is 22.6 Å². The third-order valence-electron chi connectivity index (χ3n) is 4.57. The smallest absolute Gasteiger partial charge is 0.168 e. The van der Waals surface area contributed by atoms with Gasteiger partial charge in [-0.1, -0.05) is 31.4 Å². The van der Waals surface area contributed by atoms with Gasteiger partial charge < -0.3 is 15.3 Å². The lowest BCUT2D eigenvalue weighted by molar-refractivity contribution is 0.282. The Hall–Kier alpha value is -3.44. The number of phenolic OH excluding ortho intramolecular Hbond substituents is 2. The van der Waals surface area contributed by atoms with Crippen LogP contribution >= 0.6 is 0 Å². The van der Waals surface area contributed by atoms with Crippen molar-refractivity contribution >= 4 is 35.0 Å². The van der Waals surface area contributed by atoms with Crippen molar-refractivity contribution in [2.24, 2.45) is 0 Å².